The minimum atomic E-state index is -0.791. The van der Waals surface area contributed by atoms with Crippen LogP contribution in [0.4, 0.5) is 46.6 Å². The van der Waals surface area contributed by atoms with Crippen molar-refractivity contribution in [2.75, 3.05) is 7.11 Å². The van der Waals surface area contributed by atoms with Crippen LogP contribution in [0.2, 0.25) is 10.0 Å². The van der Waals surface area contributed by atoms with Gasteiger partial charge in [-0.05, 0) is 265 Å². The standard InChI is InChI=1S/C12H11N.2C8H8N2.C8H10O.C8H10.2C7H7Cl.3C7H6F2.C7H7F.2C6H5N3.C5H5FN2.C4H6N2O.C4H5NS/c1-10-9-12(7-8-13-10)11-5-3-2-4-6-11;1-6-2-3-8-7(4-6)5-9-10-8;1-6-2-3-7-5-9-10-8(7)4-6;1-7-3-5-8(9-2)6-4-7;1-7-3-5-8(2)6-4-7;1-6-2-4-7(8)5-3-6;1-6-3-2-4-7(8)5-6;1-5-4-6(8)2-3-7(5)9;1-5-2-3-6(8)4-7(5)9;1-5-2-3-6(8)7(9)4-5;1-6-2-4-7(8)5-3-6;1-5-8-3-6(7-2)4-9-5;1-5-3-9-6(7-2)4-8-5;1-4-7-2-5(6)3-8-4;1-3-5-6-4(2)7-3;1-4-5-2-3-6-4/h2-9H,1H3;2*2-5H,1H3,(H,9,10);3-6H,1-2H3;3-6H,1-2H3;2*2-5H,1H3;3*2-4H,1H3;2-5H,1H3;2*3-4H,1H3;2-3H,1H3;1-2H3;2-3H,1H3. The van der Waals surface area contributed by atoms with E-state index in [4.69, 9.17) is 45.5 Å². The van der Waals surface area contributed by atoms with Gasteiger partial charge in [0, 0.05) is 76.6 Å². The summed E-state index contributed by atoms with van der Waals surface area (Å²) in [6.45, 7) is 47.2. The molecule has 0 amide bonds. The van der Waals surface area contributed by atoms with Crippen molar-refractivity contribution in [3.8, 4) is 16.9 Å². The first-order chi connectivity index (χ1) is 66.8. The number of pyridine rings is 1. The summed E-state index contributed by atoms with van der Waals surface area (Å²) in [7, 11) is 1.67. The molecule has 11 aromatic carbocycles. The van der Waals surface area contributed by atoms with E-state index in [0.29, 0.717) is 46.1 Å². The number of hydrogen-bond donors (Lipinski definition) is 2. The van der Waals surface area contributed by atoms with E-state index in [1.54, 1.807) is 84.5 Å². The fraction of sp³-hybridized carbons (Fsp3) is 0.171. The Morgan fingerprint density at radius 3 is 1.27 bits per heavy atom. The summed E-state index contributed by atoms with van der Waals surface area (Å²) in [5.41, 5.74) is 18.6. The maximum absolute atomic E-state index is 12.3. The van der Waals surface area contributed by atoms with Gasteiger partial charge in [-0.25, -0.2) is 49.9 Å². The van der Waals surface area contributed by atoms with Crippen molar-refractivity contribution < 1.29 is 44.3 Å². The number of H-pyrrole nitrogens is 2. The van der Waals surface area contributed by atoms with Crippen LogP contribution in [0.15, 0.2) is 327 Å². The van der Waals surface area contributed by atoms with Crippen LogP contribution >= 0.6 is 34.5 Å². The number of ether oxygens (including phenoxy) is 1. The Morgan fingerprint density at radius 1 is 0.329 bits per heavy atom. The fourth-order valence-corrected chi connectivity index (χ4v) is 11.0. The number of benzene rings is 11. The van der Waals surface area contributed by atoms with E-state index in [1.807, 2.05) is 169 Å². The molecule has 0 unspecified atom stereocenters. The number of nitrogens with one attached hydrogen (secondary N) is 2. The maximum atomic E-state index is 12.3. The highest BCUT2D eigenvalue weighted by molar-refractivity contribution is 7.09. The van der Waals surface area contributed by atoms with Crippen molar-refractivity contribution in [3.63, 3.8) is 0 Å². The van der Waals surface area contributed by atoms with Crippen molar-refractivity contribution >= 4 is 67.8 Å². The predicted octanol–water partition coefficient (Wildman–Crippen LogP) is 31.1. The lowest BCUT2D eigenvalue weighted by molar-refractivity contribution is 0.414. The molecule has 29 heteroatoms. The van der Waals surface area contributed by atoms with Crippen LogP contribution in [-0.4, -0.2) is 77.6 Å². The van der Waals surface area contributed by atoms with Crippen LogP contribution in [0.3, 0.4) is 0 Å². The Balaban J connectivity index is 0.000000312. The van der Waals surface area contributed by atoms with Crippen molar-refractivity contribution in [1.82, 2.24) is 70.5 Å². The van der Waals surface area contributed by atoms with Gasteiger partial charge in [-0.3, -0.25) is 35.1 Å². The Hall–Kier alpha value is -15.7. The van der Waals surface area contributed by atoms with Gasteiger partial charge in [0.15, 0.2) is 17.5 Å². The zero-order valence-electron chi connectivity index (χ0n) is 81.4. The average Bonchev–Trinajstić information content (AvgIpc) is 1.71. The van der Waals surface area contributed by atoms with E-state index < -0.39 is 34.9 Å². The number of halogens is 10. The number of nitrogens with zero attached hydrogens (tertiary/aromatic N) is 14. The molecule has 2 N–H and O–H groups in total. The Kier molecular flexibility index (Phi) is 54.9. The molecule has 0 fully saturated rings. The van der Waals surface area contributed by atoms with Gasteiger partial charge in [0.2, 0.25) is 17.5 Å². The molecule has 0 bridgehead atoms. The molecule has 8 aromatic heterocycles. The Bertz CT molecular complexity index is 6240. The van der Waals surface area contributed by atoms with E-state index in [2.05, 4.69) is 188 Å². The van der Waals surface area contributed by atoms with E-state index in [0.717, 1.165) is 103 Å². The van der Waals surface area contributed by atoms with E-state index in [9.17, 15) is 35.1 Å². The zero-order chi connectivity index (χ0) is 103. The van der Waals surface area contributed by atoms with E-state index in [-0.39, 0.29) is 11.6 Å². The maximum Gasteiger partial charge on any atom is 0.287 e. The molecule has 8 heterocycles. The van der Waals surface area contributed by atoms with Gasteiger partial charge in [0.1, 0.15) is 52.7 Å². The molecule has 0 spiro atoms. The van der Waals surface area contributed by atoms with Gasteiger partial charge < -0.3 is 14.0 Å². The molecule has 0 aliphatic heterocycles. The average molecular weight is 1960 g/mol. The van der Waals surface area contributed by atoms with Crippen molar-refractivity contribution in [2.45, 2.75) is 125 Å². The molecule has 724 valence electrons. The third-order valence-corrected chi connectivity index (χ3v) is 18.9. The second kappa shape index (κ2) is 65.9. The van der Waals surface area contributed by atoms with Gasteiger partial charge in [0.05, 0.1) is 66.4 Å². The Labute approximate surface area is 828 Å². The lowest BCUT2D eigenvalue weighted by Crippen LogP contribution is -1.85. The monoisotopic (exact) mass is 1950 g/mol. The molecular formula is C111H112Cl2F8N16O2S. The van der Waals surface area contributed by atoms with Crippen LogP contribution in [0, 0.1) is 184 Å². The molecule has 19 rings (SSSR count). The summed E-state index contributed by atoms with van der Waals surface area (Å²) in [5, 5.41) is 27.9. The van der Waals surface area contributed by atoms with Gasteiger partial charge in [0.25, 0.3) is 5.82 Å². The molecule has 0 aliphatic rings. The third-order valence-electron chi connectivity index (χ3n) is 17.7. The first-order valence-electron chi connectivity index (χ1n) is 43.0. The van der Waals surface area contributed by atoms with Gasteiger partial charge in [-0.15, -0.1) is 26.5 Å². The summed E-state index contributed by atoms with van der Waals surface area (Å²) in [4.78, 5) is 36.8. The number of aryl methyl sites for hydroxylation is 18. The molecule has 0 aliphatic carbocycles. The fourth-order valence-electron chi connectivity index (χ4n) is 10.2. The molecule has 0 saturated carbocycles. The predicted molar refractivity (Wildman–Crippen MR) is 550 cm³/mol. The van der Waals surface area contributed by atoms with Gasteiger partial charge in [-0.1, -0.05) is 197 Å². The Morgan fingerprint density at radius 2 is 0.829 bits per heavy atom. The number of rotatable bonds is 2. The van der Waals surface area contributed by atoms with Crippen molar-refractivity contribution in [1.29, 1.82) is 0 Å². The second-order valence-corrected chi connectivity index (χ2v) is 32.3. The molecule has 0 saturated heterocycles. The summed E-state index contributed by atoms with van der Waals surface area (Å²) < 4.78 is 107. The second-order valence-electron chi connectivity index (χ2n) is 30.3. The minimum Gasteiger partial charge on any atom is -0.497 e. The van der Waals surface area contributed by atoms with Crippen LogP contribution < -0.4 is 4.74 Å². The molecule has 0 radical (unpaired) electrons. The summed E-state index contributed by atoms with van der Waals surface area (Å²) in [6, 6.07) is 75.9. The highest BCUT2D eigenvalue weighted by atomic mass is 35.5. The van der Waals surface area contributed by atoms with E-state index in [1.165, 1.54) is 117 Å². The smallest absolute Gasteiger partial charge is 0.287 e. The lowest BCUT2D eigenvalue weighted by Gasteiger charge is -2.00. The van der Waals surface area contributed by atoms with E-state index >= 15 is 0 Å². The SMILES string of the molecule is COc1ccc(C)cc1.Cc1cc(-c2ccccc2)ccn1.Cc1cc(F)ccc1F.Cc1ccc(C)cc1.Cc1ccc(Cl)cc1.Cc1ccc(F)c(F)c1.Cc1ccc(F)cc1.Cc1ccc(F)cc1F.Cc1ccc2[nH]ncc2c1.Cc1ccc2cn[nH]c2c1.Cc1cccc(Cl)c1.Cc1ncc(F)cn1.Cc1nccs1.Cc1nnc(C)o1.[C-]#[N+]c1cnc(C)cn1.[C-]#[N+]c1cnc(C)nc1. The molecule has 0 atom stereocenters. The lowest BCUT2D eigenvalue weighted by atomic mass is 10.1. The third kappa shape index (κ3) is 52.4. The van der Waals surface area contributed by atoms with Crippen LogP contribution in [0.1, 0.15) is 101 Å². The number of aromatic amines is 2. The number of hydrogen-bond acceptors (Lipinski definition) is 15. The number of methoxy groups -OCH3 is 1. The summed E-state index contributed by atoms with van der Waals surface area (Å²) in [6.07, 6.45) is 15.7. The van der Waals surface area contributed by atoms with Gasteiger partial charge >= 0.3 is 0 Å². The summed E-state index contributed by atoms with van der Waals surface area (Å²) >= 11 is 12.9. The number of fused-ring (bicyclic) bond motifs is 2. The summed E-state index contributed by atoms with van der Waals surface area (Å²) in [5.74, 6) is -0.120. The highest BCUT2D eigenvalue weighted by Crippen LogP contribution is 2.20. The first kappa shape index (κ1) is 117. The number of thiazole rings is 1. The van der Waals surface area contributed by atoms with Crippen LogP contribution in [0.25, 0.3) is 42.6 Å². The quantitative estimate of drug-likeness (QED) is 0.122. The molecule has 140 heavy (non-hydrogen) atoms. The minimum absolute atomic E-state index is 0.171. The molecule has 18 nitrogen and oxygen atoms in total. The number of aromatic nitrogens is 14. The van der Waals surface area contributed by atoms with Crippen LogP contribution in [0.5, 0.6) is 5.75 Å². The normalized spacial score (nSPS) is 9.45. The first-order valence-corrected chi connectivity index (χ1v) is 44.6. The molecule has 19 aromatic rings. The van der Waals surface area contributed by atoms with Gasteiger partial charge in [-0.2, -0.15) is 10.2 Å². The largest absolute Gasteiger partial charge is 0.497 e. The molecular weight excluding hydrogens is 1840 g/mol. The van der Waals surface area contributed by atoms with Crippen molar-refractivity contribution in [3.05, 3.63) is 503 Å². The highest BCUT2D eigenvalue weighted by Gasteiger charge is 2.03. The van der Waals surface area contributed by atoms with Crippen LogP contribution in [-0.2, 0) is 0 Å². The topological polar surface area (TPSA) is 217 Å². The zero-order valence-corrected chi connectivity index (χ0v) is 83.7. The van der Waals surface area contributed by atoms with Crippen molar-refractivity contribution in [2.24, 2.45) is 0 Å².